The van der Waals surface area contributed by atoms with Gasteiger partial charge in [0.2, 0.25) is 5.78 Å². The Bertz CT molecular complexity index is 214. The van der Waals surface area contributed by atoms with Crippen LogP contribution in [0.1, 0.15) is 32.1 Å². The molecule has 3 atom stereocenters. The Morgan fingerprint density at radius 1 is 1.29 bits per heavy atom. The third kappa shape index (κ3) is 1.97. The number of carbonyl (C=O) groups is 1. The number of piperidine rings is 1. The van der Waals surface area contributed by atoms with Crippen molar-refractivity contribution >= 4 is 5.78 Å². The largest absolute Gasteiger partial charge is 0.634 e. The second kappa shape index (κ2) is 4.38. The first kappa shape index (κ1) is 10.1. The molecule has 2 saturated heterocycles. The van der Waals surface area contributed by atoms with Gasteiger partial charge in [0.05, 0.1) is 12.6 Å². The number of rotatable bonds is 2. The minimum absolute atomic E-state index is 0.0317. The molecular formula is C10H18N2O2. The first-order valence-corrected chi connectivity index (χ1v) is 5.59. The molecular weight excluding hydrogens is 180 g/mol. The number of hydrogen-bond acceptors (Lipinski definition) is 3. The zero-order valence-corrected chi connectivity index (χ0v) is 8.42. The van der Waals surface area contributed by atoms with Crippen LogP contribution in [0, 0.1) is 5.21 Å². The highest BCUT2D eigenvalue weighted by Gasteiger charge is 2.34. The van der Waals surface area contributed by atoms with Gasteiger partial charge in [-0.2, -0.15) is 0 Å². The minimum Gasteiger partial charge on any atom is -0.634 e. The summed E-state index contributed by atoms with van der Waals surface area (Å²) in [7, 11) is 0. The zero-order chi connectivity index (χ0) is 9.97. The standard InChI is InChI=1S/C10H18N2O2/c13-10(8-4-1-2-6-11-8)9-5-3-7-12(9)14/h8-9,11-12H,1-7H2. The molecule has 0 aromatic carbocycles. The lowest BCUT2D eigenvalue weighted by Gasteiger charge is -2.29. The van der Waals surface area contributed by atoms with Crippen LogP contribution in [0.2, 0.25) is 0 Å². The third-order valence-corrected chi connectivity index (χ3v) is 3.30. The maximum atomic E-state index is 11.9. The molecule has 0 aliphatic carbocycles. The molecule has 0 aromatic rings. The van der Waals surface area contributed by atoms with Crippen molar-refractivity contribution in [1.29, 1.82) is 0 Å². The Morgan fingerprint density at radius 2 is 2.14 bits per heavy atom. The van der Waals surface area contributed by atoms with E-state index in [9.17, 15) is 10.0 Å². The highest BCUT2D eigenvalue weighted by molar-refractivity contribution is 5.88. The van der Waals surface area contributed by atoms with Gasteiger partial charge in [0.15, 0.2) is 0 Å². The Morgan fingerprint density at radius 3 is 2.71 bits per heavy atom. The minimum atomic E-state index is -0.273. The lowest BCUT2D eigenvalue weighted by molar-refractivity contribution is -0.851. The van der Waals surface area contributed by atoms with Gasteiger partial charge in [-0.3, -0.25) is 4.79 Å². The molecule has 4 heteroatoms. The van der Waals surface area contributed by atoms with E-state index < -0.39 is 0 Å². The van der Waals surface area contributed by atoms with Gasteiger partial charge in [0.1, 0.15) is 6.04 Å². The molecule has 2 aliphatic rings. The molecule has 3 unspecified atom stereocenters. The summed E-state index contributed by atoms with van der Waals surface area (Å²) >= 11 is 0. The van der Waals surface area contributed by atoms with Crippen LogP contribution in [0.3, 0.4) is 0 Å². The summed E-state index contributed by atoms with van der Waals surface area (Å²) in [6.45, 7) is 1.54. The van der Waals surface area contributed by atoms with Crippen LogP contribution in [-0.2, 0) is 4.79 Å². The molecule has 0 radical (unpaired) electrons. The quantitative estimate of drug-likeness (QED) is 0.574. The molecule has 80 valence electrons. The predicted molar refractivity (Wildman–Crippen MR) is 52.9 cm³/mol. The van der Waals surface area contributed by atoms with Gasteiger partial charge in [-0.15, -0.1) is 0 Å². The normalized spacial score (nSPS) is 38.5. The summed E-state index contributed by atoms with van der Waals surface area (Å²) in [6, 6.07) is -0.304. The fourth-order valence-corrected chi connectivity index (χ4v) is 2.45. The van der Waals surface area contributed by atoms with Crippen LogP contribution < -0.4 is 10.4 Å². The van der Waals surface area contributed by atoms with Gasteiger partial charge >= 0.3 is 0 Å². The predicted octanol–water partition coefficient (Wildman–Crippen LogP) is -0.757. The highest BCUT2D eigenvalue weighted by Crippen LogP contribution is 2.11. The van der Waals surface area contributed by atoms with Crippen molar-refractivity contribution in [3.63, 3.8) is 0 Å². The van der Waals surface area contributed by atoms with E-state index in [4.69, 9.17) is 0 Å². The number of carbonyl (C=O) groups excluding carboxylic acids is 1. The molecule has 0 spiro atoms. The molecule has 4 nitrogen and oxygen atoms in total. The molecule has 0 bridgehead atoms. The number of ketones is 1. The van der Waals surface area contributed by atoms with Crippen LogP contribution in [0.15, 0.2) is 0 Å². The van der Waals surface area contributed by atoms with Crippen LogP contribution in [-0.4, -0.2) is 31.0 Å². The second-order valence-corrected chi connectivity index (χ2v) is 4.32. The highest BCUT2D eigenvalue weighted by atomic mass is 16.5. The van der Waals surface area contributed by atoms with Gasteiger partial charge in [0.25, 0.3) is 0 Å². The topological polar surface area (TPSA) is 56.6 Å². The molecule has 14 heavy (non-hydrogen) atoms. The van der Waals surface area contributed by atoms with Crippen molar-refractivity contribution in [2.24, 2.45) is 0 Å². The van der Waals surface area contributed by atoms with Crippen LogP contribution in [0.5, 0.6) is 0 Å². The average molecular weight is 198 g/mol. The molecule has 0 saturated carbocycles. The van der Waals surface area contributed by atoms with Crippen molar-refractivity contribution < 1.29 is 9.86 Å². The Labute approximate surface area is 84.2 Å². The van der Waals surface area contributed by atoms with Gasteiger partial charge in [-0.1, -0.05) is 6.42 Å². The summed E-state index contributed by atoms with van der Waals surface area (Å²) in [5.41, 5.74) is 0. The van der Waals surface area contributed by atoms with Gasteiger partial charge in [-0.25, -0.2) is 0 Å². The molecule has 2 heterocycles. The molecule has 2 fully saturated rings. The Hall–Kier alpha value is -0.450. The van der Waals surface area contributed by atoms with Crippen LogP contribution in [0.4, 0.5) is 0 Å². The van der Waals surface area contributed by atoms with E-state index in [1.54, 1.807) is 0 Å². The second-order valence-electron chi connectivity index (χ2n) is 4.32. The Balaban J connectivity index is 1.92. The van der Waals surface area contributed by atoms with Gasteiger partial charge < -0.3 is 15.6 Å². The molecule has 2 rings (SSSR count). The van der Waals surface area contributed by atoms with E-state index in [0.717, 1.165) is 38.6 Å². The number of nitrogens with one attached hydrogen (secondary N) is 2. The van der Waals surface area contributed by atoms with Crippen molar-refractivity contribution in [2.45, 2.75) is 44.2 Å². The first-order valence-electron chi connectivity index (χ1n) is 5.59. The monoisotopic (exact) mass is 198 g/mol. The zero-order valence-electron chi connectivity index (χ0n) is 8.42. The van der Waals surface area contributed by atoms with E-state index in [-0.39, 0.29) is 22.9 Å². The Kier molecular flexibility index (Phi) is 3.15. The number of Topliss-reactive ketones (excluding diaryl/α,β-unsaturated/α-hetero) is 1. The number of hydrogen-bond donors (Lipinski definition) is 2. The van der Waals surface area contributed by atoms with E-state index in [1.165, 1.54) is 0 Å². The number of hydroxylamine groups is 2. The average Bonchev–Trinajstić information content (AvgIpc) is 2.65. The van der Waals surface area contributed by atoms with Crippen molar-refractivity contribution in [3.05, 3.63) is 5.21 Å². The van der Waals surface area contributed by atoms with Crippen LogP contribution >= 0.6 is 0 Å². The molecule has 2 aliphatic heterocycles. The summed E-state index contributed by atoms with van der Waals surface area (Å²) in [5, 5.41) is 14.8. The van der Waals surface area contributed by atoms with Gasteiger partial charge in [0, 0.05) is 12.8 Å². The van der Waals surface area contributed by atoms with Crippen LogP contribution in [0.25, 0.3) is 0 Å². The van der Waals surface area contributed by atoms with Crippen molar-refractivity contribution in [2.75, 3.05) is 13.1 Å². The maximum Gasteiger partial charge on any atom is 0.206 e. The summed E-state index contributed by atoms with van der Waals surface area (Å²) in [5.74, 6) is 0.159. The molecule has 0 amide bonds. The van der Waals surface area contributed by atoms with E-state index in [1.807, 2.05) is 0 Å². The summed E-state index contributed by atoms with van der Waals surface area (Å²) in [6.07, 6.45) is 4.88. The van der Waals surface area contributed by atoms with E-state index in [2.05, 4.69) is 5.32 Å². The first-order chi connectivity index (χ1) is 6.79. The van der Waals surface area contributed by atoms with Crippen molar-refractivity contribution in [3.8, 4) is 0 Å². The van der Waals surface area contributed by atoms with E-state index >= 15 is 0 Å². The fourth-order valence-electron chi connectivity index (χ4n) is 2.45. The lowest BCUT2D eigenvalue weighted by Crippen LogP contribution is -3.10. The molecule has 2 N–H and O–H groups in total. The van der Waals surface area contributed by atoms with E-state index in [0.29, 0.717) is 6.54 Å². The number of quaternary nitrogens is 1. The lowest BCUT2D eigenvalue weighted by atomic mass is 9.96. The third-order valence-electron chi connectivity index (χ3n) is 3.30. The van der Waals surface area contributed by atoms with Gasteiger partial charge in [-0.05, 0) is 19.4 Å². The fraction of sp³-hybridized carbons (Fsp3) is 0.900. The summed E-state index contributed by atoms with van der Waals surface area (Å²) < 4.78 is 0. The maximum absolute atomic E-state index is 11.9. The smallest absolute Gasteiger partial charge is 0.206 e. The SMILES string of the molecule is O=C(C1CCCCN1)C1CCC[NH+]1[O-]. The molecule has 0 aromatic heterocycles. The van der Waals surface area contributed by atoms with Crippen molar-refractivity contribution in [1.82, 2.24) is 5.32 Å². The summed E-state index contributed by atoms with van der Waals surface area (Å²) in [4.78, 5) is 11.9.